The maximum atomic E-state index is 3.57. The monoisotopic (exact) mass is 262 g/mol. The molecular formula is C17H23LiN2. The van der Waals surface area contributed by atoms with Crippen LogP contribution in [0.3, 0.4) is 0 Å². The summed E-state index contributed by atoms with van der Waals surface area (Å²) < 4.78 is 0. The summed E-state index contributed by atoms with van der Waals surface area (Å²) in [5.41, 5.74) is 4.82. The summed E-state index contributed by atoms with van der Waals surface area (Å²) in [7, 11) is 0. The zero-order chi connectivity index (χ0) is 12.8. The number of rotatable bonds is 2. The predicted octanol–water partition coefficient (Wildman–Crippen LogP) is 0.407. The first-order chi connectivity index (χ1) is 9.40. The van der Waals surface area contributed by atoms with E-state index in [2.05, 4.69) is 35.3 Å². The molecule has 0 aliphatic carbocycles. The van der Waals surface area contributed by atoms with Crippen molar-refractivity contribution in [1.82, 2.24) is 5.32 Å². The van der Waals surface area contributed by atoms with E-state index in [1.165, 1.54) is 32.2 Å². The topological polar surface area (TPSA) is 15.3 Å². The van der Waals surface area contributed by atoms with Crippen LogP contribution in [0.2, 0.25) is 0 Å². The second-order valence-electron chi connectivity index (χ2n) is 6.21. The third-order valence-corrected chi connectivity index (χ3v) is 5.18. The van der Waals surface area contributed by atoms with Gasteiger partial charge in [-0.15, -0.1) is 12.3 Å². The zero-order valence-corrected chi connectivity index (χ0v) is 12.8. The summed E-state index contributed by atoms with van der Waals surface area (Å²) >= 11 is 0. The summed E-state index contributed by atoms with van der Waals surface area (Å²) in [4.78, 5) is 2.67. The number of para-hydroxylation sites is 1. The van der Waals surface area contributed by atoms with Gasteiger partial charge in [-0.2, -0.15) is 0 Å². The molecule has 0 saturated carbocycles. The number of anilines is 1. The van der Waals surface area contributed by atoms with E-state index in [9.17, 15) is 0 Å². The van der Waals surface area contributed by atoms with Crippen molar-refractivity contribution in [3.63, 3.8) is 0 Å². The van der Waals surface area contributed by atoms with Gasteiger partial charge in [0.15, 0.2) is 0 Å². The number of hydrogen-bond acceptors (Lipinski definition) is 2. The minimum Gasteiger partial charge on any atom is -0.518 e. The van der Waals surface area contributed by atoms with Crippen molar-refractivity contribution in [3.8, 4) is 0 Å². The van der Waals surface area contributed by atoms with Gasteiger partial charge in [-0.1, -0.05) is 37.1 Å². The van der Waals surface area contributed by atoms with E-state index in [0.717, 1.165) is 19.0 Å². The van der Waals surface area contributed by atoms with Gasteiger partial charge < -0.3 is 10.2 Å². The Morgan fingerprint density at radius 2 is 2.20 bits per heavy atom. The van der Waals surface area contributed by atoms with E-state index < -0.39 is 0 Å². The largest absolute Gasteiger partial charge is 1.00 e. The van der Waals surface area contributed by atoms with Crippen LogP contribution in [0.1, 0.15) is 55.6 Å². The Balaban J connectivity index is 0.00000121. The van der Waals surface area contributed by atoms with Crippen molar-refractivity contribution >= 4 is 5.69 Å². The molecule has 0 bridgehead atoms. The number of hydrogen-bond donors (Lipinski definition) is 1. The van der Waals surface area contributed by atoms with E-state index in [-0.39, 0.29) is 18.9 Å². The standard InChI is InChI=1S/C17H23N2.Li/c1-2-4-12-8-10-19-16-7-9-18-11-15(16)14-6-3-5-13(12)17(14)19;/h3,5-6,12,15,18H,2,4,7-11H2,1H3;/q-1;+1/t12?,15-;/m0./s1. The normalized spacial score (nSPS) is 27.8. The van der Waals surface area contributed by atoms with Gasteiger partial charge in [0.25, 0.3) is 0 Å². The fourth-order valence-electron chi connectivity index (χ4n) is 4.36. The molecule has 3 heteroatoms. The summed E-state index contributed by atoms with van der Waals surface area (Å²) in [6, 6.07) is 8.73. The number of nitrogens with one attached hydrogen (secondary N) is 1. The molecule has 20 heavy (non-hydrogen) atoms. The van der Waals surface area contributed by atoms with Crippen LogP contribution >= 0.6 is 0 Å². The molecule has 0 amide bonds. The van der Waals surface area contributed by atoms with Crippen LogP contribution in [0.25, 0.3) is 0 Å². The fraction of sp³-hybridized carbons (Fsp3) is 0.588. The molecule has 0 aromatic heterocycles. The molecular weight excluding hydrogens is 239 g/mol. The van der Waals surface area contributed by atoms with Crippen molar-refractivity contribution in [2.24, 2.45) is 0 Å². The second kappa shape index (κ2) is 5.76. The molecule has 1 saturated heterocycles. The second-order valence-corrected chi connectivity index (χ2v) is 6.21. The Morgan fingerprint density at radius 3 is 3.05 bits per heavy atom. The minimum atomic E-state index is 0. The van der Waals surface area contributed by atoms with Gasteiger partial charge in [-0.25, -0.2) is 6.04 Å². The van der Waals surface area contributed by atoms with Crippen molar-refractivity contribution in [2.75, 3.05) is 24.5 Å². The average Bonchev–Trinajstić information content (AvgIpc) is 2.79. The Morgan fingerprint density at radius 1 is 1.35 bits per heavy atom. The van der Waals surface area contributed by atoms with Gasteiger partial charge in [-0.05, 0) is 44.0 Å². The van der Waals surface area contributed by atoms with Crippen molar-refractivity contribution < 1.29 is 18.9 Å². The first-order valence-electron chi connectivity index (χ1n) is 7.87. The maximum Gasteiger partial charge on any atom is 1.00 e. The summed E-state index contributed by atoms with van der Waals surface area (Å²) in [6.45, 7) is 5.86. The molecule has 2 nitrogen and oxygen atoms in total. The molecule has 3 aliphatic rings. The summed E-state index contributed by atoms with van der Waals surface area (Å²) in [5.74, 6) is 1.45. The van der Waals surface area contributed by atoms with Crippen molar-refractivity contribution in [3.05, 3.63) is 35.4 Å². The summed E-state index contributed by atoms with van der Waals surface area (Å²) in [5, 5.41) is 3.57. The quantitative estimate of drug-likeness (QED) is 0.613. The van der Waals surface area contributed by atoms with Crippen molar-refractivity contribution in [1.29, 1.82) is 0 Å². The van der Waals surface area contributed by atoms with Crippen LogP contribution in [0.15, 0.2) is 18.2 Å². The van der Waals surface area contributed by atoms with E-state index in [1.54, 1.807) is 22.9 Å². The molecule has 1 N–H and O–H groups in total. The molecule has 0 radical (unpaired) electrons. The average molecular weight is 262 g/mol. The van der Waals surface area contributed by atoms with Gasteiger partial charge >= 0.3 is 18.9 Å². The molecule has 102 valence electrons. The van der Waals surface area contributed by atoms with E-state index >= 15 is 0 Å². The molecule has 2 atom stereocenters. The Labute approximate surface area is 134 Å². The number of fused-ring (bicyclic) bond motifs is 3. The fourth-order valence-corrected chi connectivity index (χ4v) is 4.36. The molecule has 1 fully saturated rings. The van der Waals surface area contributed by atoms with E-state index in [4.69, 9.17) is 0 Å². The Kier molecular flexibility index (Phi) is 4.18. The van der Waals surface area contributed by atoms with E-state index in [1.807, 2.05) is 0 Å². The molecule has 1 aromatic carbocycles. The Hall–Kier alpha value is -0.423. The third-order valence-electron chi connectivity index (χ3n) is 5.18. The molecule has 0 spiro atoms. The van der Waals surface area contributed by atoms with Gasteiger partial charge in [0.1, 0.15) is 0 Å². The smallest absolute Gasteiger partial charge is 0.518 e. The van der Waals surface area contributed by atoms with Gasteiger partial charge in [0.2, 0.25) is 0 Å². The molecule has 3 heterocycles. The third kappa shape index (κ3) is 2.05. The summed E-state index contributed by atoms with van der Waals surface area (Å²) in [6.07, 6.45) is 5.23. The van der Waals surface area contributed by atoms with Crippen LogP contribution in [-0.4, -0.2) is 19.6 Å². The molecule has 3 aliphatic heterocycles. The van der Waals surface area contributed by atoms with Gasteiger partial charge in [0.05, 0.1) is 0 Å². The van der Waals surface area contributed by atoms with Crippen LogP contribution in [0.5, 0.6) is 0 Å². The number of nitrogens with zero attached hydrogens (tertiary/aromatic N) is 1. The van der Waals surface area contributed by atoms with Crippen LogP contribution in [-0.2, 0) is 0 Å². The van der Waals surface area contributed by atoms with Crippen LogP contribution < -0.4 is 29.1 Å². The van der Waals surface area contributed by atoms with E-state index in [0.29, 0.717) is 5.92 Å². The number of benzene rings is 1. The van der Waals surface area contributed by atoms with Gasteiger partial charge in [-0.3, -0.25) is 0 Å². The van der Waals surface area contributed by atoms with Crippen molar-refractivity contribution in [2.45, 2.75) is 44.4 Å². The molecule has 1 aromatic rings. The molecule has 1 unspecified atom stereocenters. The minimum absolute atomic E-state index is 0. The zero-order valence-electron chi connectivity index (χ0n) is 12.8. The first kappa shape index (κ1) is 14.5. The Bertz CT molecular complexity index is 488. The van der Waals surface area contributed by atoms with Crippen LogP contribution in [0.4, 0.5) is 5.69 Å². The SMILES string of the molecule is CCCC1CCN2c3c1cccc3[C@@H]1CNCC[C-]12.[Li+]. The van der Waals surface area contributed by atoms with Gasteiger partial charge in [0, 0.05) is 5.69 Å². The maximum absolute atomic E-state index is 3.57. The predicted molar refractivity (Wildman–Crippen MR) is 79.5 cm³/mol. The molecule has 4 rings (SSSR count). The first-order valence-corrected chi connectivity index (χ1v) is 7.87. The van der Waals surface area contributed by atoms with Crippen LogP contribution in [0, 0.1) is 6.04 Å². The number of piperidine rings is 1.